The van der Waals surface area contributed by atoms with Gasteiger partial charge in [-0.3, -0.25) is 0 Å². The van der Waals surface area contributed by atoms with Crippen molar-refractivity contribution in [2.45, 2.75) is 11.2 Å². The van der Waals surface area contributed by atoms with E-state index >= 15 is 0 Å². The van der Waals surface area contributed by atoms with Crippen LogP contribution in [0.15, 0.2) is 38.0 Å². The minimum atomic E-state index is -1.82. The first-order chi connectivity index (χ1) is 5.49. The Morgan fingerprint density at radius 3 is 1.50 bits per heavy atom. The summed E-state index contributed by atoms with van der Waals surface area (Å²) in [5, 5.41) is 28.0. The Morgan fingerprint density at radius 1 is 1.00 bits per heavy atom. The molecule has 3 heteroatoms. The highest BCUT2D eigenvalue weighted by molar-refractivity contribution is 5.24. The predicted molar refractivity (Wildman–Crippen MR) is 47.6 cm³/mol. The molecule has 12 heavy (non-hydrogen) atoms. The van der Waals surface area contributed by atoms with Crippen molar-refractivity contribution in [1.29, 1.82) is 0 Å². The van der Waals surface area contributed by atoms with Crippen molar-refractivity contribution in [3.63, 3.8) is 0 Å². The number of aliphatic hydroxyl groups is 3. The molecule has 0 fully saturated rings. The monoisotopic (exact) mass is 170 g/mol. The van der Waals surface area contributed by atoms with Crippen molar-refractivity contribution in [2.75, 3.05) is 6.61 Å². The maximum Gasteiger partial charge on any atom is 0.141 e. The SMILES string of the molecule is C=CC(O)(C=C)C(O)(C=C)CO. The normalized spacial score (nSPS) is 16.2. The van der Waals surface area contributed by atoms with Crippen molar-refractivity contribution in [2.24, 2.45) is 0 Å². The van der Waals surface area contributed by atoms with Crippen LogP contribution in [0.5, 0.6) is 0 Å². The zero-order valence-corrected chi connectivity index (χ0v) is 6.90. The standard InChI is InChI=1S/C9H14O3/c1-4-8(11,5-2)9(12,6-3)7-10/h4-6,10-12H,1-3,7H2. The molecule has 0 aliphatic rings. The zero-order valence-electron chi connectivity index (χ0n) is 6.90. The Bertz CT molecular complexity index is 190. The fraction of sp³-hybridized carbons (Fsp3) is 0.333. The second kappa shape index (κ2) is 3.67. The van der Waals surface area contributed by atoms with Gasteiger partial charge in [0.05, 0.1) is 6.61 Å². The average Bonchev–Trinajstić information content (AvgIpc) is 2.15. The molecule has 0 heterocycles. The summed E-state index contributed by atoms with van der Waals surface area (Å²) in [6.07, 6.45) is 3.24. The summed E-state index contributed by atoms with van der Waals surface area (Å²) in [6, 6.07) is 0. The van der Waals surface area contributed by atoms with Crippen LogP contribution in [0, 0.1) is 0 Å². The van der Waals surface area contributed by atoms with Crippen LogP contribution in [-0.2, 0) is 0 Å². The first-order valence-electron chi connectivity index (χ1n) is 3.46. The molecule has 0 saturated carbocycles. The van der Waals surface area contributed by atoms with Crippen molar-refractivity contribution < 1.29 is 15.3 Å². The molecule has 0 aliphatic heterocycles. The van der Waals surface area contributed by atoms with E-state index < -0.39 is 17.8 Å². The van der Waals surface area contributed by atoms with Gasteiger partial charge in [0.1, 0.15) is 11.2 Å². The molecule has 0 rings (SSSR count). The summed E-state index contributed by atoms with van der Waals surface area (Å²) in [5.74, 6) is 0. The van der Waals surface area contributed by atoms with Crippen LogP contribution in [0.25, 0.3) is 0 Å². The van der Waals surface area contributed by atoms with Gasteiger partial charge < -0.3 is 15.3 Å². The Morgan fingerprint density at radius 2 is 1.42 bits per heavy atom. The molecule has 3 nitrogen and oxygen atoms in total. The largest absolute Gasteiger partial charge is 0.393 e. The summed E-state index contributed by atoms with van der Waals surface area (Å²) in [4.78, 5) is 0. The van der Waals surface area contributed by atoms with Gasteiger partial charge in [-0.2, -0.15) is 0 Å². The van der Waals surface area contributed by atoms with Gasteiger partial charge in [0.2, 0.25) is 0 Å². The average molecular weight is 170 g/mol. The van der Waals surface area contributed by atoms with Crippen molar-refractivity contribution >= 4 is 0 Å². The molecule has 1 atom stereocenters. The minimum absolute atomic E-state index is 0.648. The van der Waals surface area contributed by atoms with Crippen LogP contribution in [-0.4, -0.2) is 33.1 Å². The van der Waals surface area contributed by atoms with Gasteiger partial charge in [-0.05, 0) is 0 Å². The summed E-state index contributed by atoms with van der Waals surface area (Å²) >= 11 is 0. The van der Waals surface area contributed by atoms with E-state index in [0.29, 0.717) is 0 Å². The quantitative estimate of drug-likeness (QED) is 0.509. The molecule has 0 bridgehead atoms. The molecule has 0 radical (unpaired) electrons. The van der Waals surface area contributed by atoms with E-state index in [1.807, 2.05) is 0 Å². The molecule has 0 aromatic carbocycles. The van der Waals surface area contributed by atoms with Crippen molar-refractivity contribution in [3.8, 4) is 0 Å². The first-order valence-corrected chi connectivity index (χ1v) is 3.46. The molecule has 0 aliphatic carbocycles. The number of rotatable bonds is 5. The molecule has 0 aromatic heterocycles. The fourth-order valence-electron chi connectivity index (χ4n) is 0.791. The van der Waals surface area contributed by atoms with Crippen LogP contribution in [0.3, 0.4) is 0 Å². The number of hydrogen-bond donors (Lipinski definition) is 3. The van der Waals surface area contributed by atoms with E-state index in [2.05, 4.69) is 19.7 Å². The fourth-order valence-corrected chi connectivity index (χ4v) is 0.791. The lowest BCUT2D eigenvalue weighted by molar-refractivity contribution is -0.0899. The highest BCUT2D eigenvalue weighted by Crippen LogP contribution is 2.25. The van der Waals surface area contributed by atoms with Gasteiger partial charge in [-0.25, -0.2) is 0 Å². The van der Waals surface area contributed by atoms with E-state index in [0.717, 1.165) is 18.2 Å². The van der Waals surface area contributed by atoms with E-state index in [9.17, 15) is 10.2 Å². The molecule has 0 spiro atoms. The Hall–Kier alpha value is -0.900. The molecule has 0 amide bonds. The van der Waals surface area contributed by atoms with Crippen LogP contribution in [0.2, 0.25) is 0 Å². The summed E-state index contributed by atoms with van der Waals surface area (Å²) in [6.45, 7) is 9.30. The zero-order chi connectivity index (χ0) is 9.83. The third kappa shape index (κ3) is 1.48. The number of hydrogen-bond acceptors (Lipinski definition) is 3. The Labute approximate surface area is 72.0 Å². The van der Waals surface area contributed by atoms with Gasteiger partial charge in [-0.15, -0.1) is 6.58 Å². The molecule has 3 N–H and O–H groups in total. The van der Waals surface area contributed by atoms with E-state index in [1.54, 1.807) is 0 Å². The topological polar surface area (TPSA) is 60.7 Å². The highest BCUT2D eigenvalue weighted by Gasteiger charge is 2.42. The van der Waals surface area contributed by atoms with Crippen LogP contribution >= 0.6 is 0 Å². The lowest BCUT2D eigenvalue weighted by Gasteiger charge is -2.35. The number of aliphatic hydroxyl groups excluding tert-OH is 1. The minimum Gasteiger partial charge on any atom is -0.393 e. The lowest BCUT2D eigenvalue weighted by atomic mass is 9.83. The Balaban J connectivity index is 5.04. The van der Waals surface area contributed by atoms with Gasteiger partial charge in [0, 0.05) is 0 Å². The van der Waals surface area contributed by atoms with Gasteiger partial charge in [0.25, 0.3) is 0 Å². The second-order valence-electron chi connectivity index (χ2n) is 2.52. The molecule has 68 valence electrons. The lowest BCUT2D eigenvalue weighted by Crippen LogP contribution is -2.52. The molecule has 0 saturated heterocycles. The van der Waals surface area contributed by atoms with Crippen molar-refractivity contribution in [3.05, 3.63) is 38.0 Å². The van der Waals surface area contributed by atoms with Crippen LogP contribution in [0.4, 0.5) is 0 Å². The van der Waals surface area contributed by atoms with E-state index in [-0.39, 0.29) is 0 Å². The van der Waals surface area contributed by atoms with Crippen LogP contribution < -0.4 is 0 Å². The Kier molecular flexibility index (Phi) is 3.39. The summed E-state index contributed by atoms with van der Waals surface area (Å²) in [7, 11) is 0. The van der Waals surface area contributed by atoms with Gasteiger partial charge in [0.15, 0.2) is 0 Å². The maximum atomic E-state index is 9.63. The van der Waals surface area contributed by atoms with E-state index in [1.165, 1.54) is 0 Å². The van der Waals surface area contributed by atoms with E-state index in [4.69, 9.17) is 5.11 Å². The molecule has 0 aromatic rings. The highest BCUT2D eigenvalue weighted by atomic mass is 16.4. The van der Waals surface area contributed by atoms with Gasteiger partial charge in [-0.1, -0.05) is 31.4 Å². The van der Waals surface area contributed by atoms with Gasteiger partial charge >= 0.3 is 0 Å². The molecular formula is C9H14O3. The van der Waals surface area contributed by atoms with Crippen LogP contribution in [0.1, 0.15) is 0 Å². The first kappa shape index (κ1) is 11.1. The third-order valence-electron chi connectivity index (χ3n) is 1.89. The van der Waals surface area contributed by atoms with Crippen molar-refractivity contribution in [1.82, 2.24) is 0 Å². The summed E-state index contributed by atoms with van der Waals surface area (Å²) in [5.41, 5.74) is -3.57. The maximum absolute atomic E-state index is 9.63. The molecular weight excluding hydrogens is 156 g/mol. The molecule has 1 unspecified atom stereocenters. The second-order valence-corrected chi connectivity index (χ2v) is 2.52. The summed E-state index contributed by atoms with van der Waals surface area (Å²) < 4.78 is 0. The smallest absolute Gasteiger partial charge is 0.141 e. The predicted octanol–water partition coefficient (Wildman–Crippen LogP) is -0.00110. The third-order valence-corrected chi connectivity index (χ3v) is 1.89.